The topological polar surface area (TPSA) is 128 Å². The van der Waals surface area contributed by atoms with Crippen LogP contribution in [0.5, 0.6) is 5.75 Å². The highest BCUT2D eigenvalue weighted by Gasteiger charge is 2.25. The number of nitro benzene ring substituents is 1. The van der Waals surface area contributed by atoms with Crippen molar-refractivity contribution in [3.05, 3.63) is 33.9 Å². The first-order valence-electron chi connectivity index (χ1n) is 6.31. The maximum absolute atomic E-state index is 11.7. The number of nitrogens with zero attached hydrogens (tertiary/aromatic N) is 1. The summed E-state index contributed by atoms with van der Waals surface area (Å²) in [6.45, 7) is 5.01. The van der Waals surface area contributed by atoms with Gasteiger partial charge in [-0.1, -0.05) is 0 Å². The maximum Gasteiger partial charge on any atom is 0.408 e. The highest BCUT2D eigenvalue weighted by molar-refractivity contribution is 5.69. The van der Waals surface area contributed by atoms with Crippen LogP contribution in [0.3, 0.4) is 0 Å². The molecule has 0 aliphatic heterocycles. The molecular formula is C13H19N3O5. The molecule has 0 saturated carbocycles. The number of phenolic OH excluding ortho intramolecular Hbond substituents is 1. The van der Waals surface area contributed by atoms with Crippen molar-refractivity contribution in [1.29, 1.82) is 0 Å². The minimum Gasteiger partial charge on any atom is -0.508 e. The fourth-order valence-corrected chi connectivity index (χ4v) is 1.70. The monoisotopic (exact) mass is 297 g/mol. The largest absolute Gasteiger partial charge is 0.508 e. The molecule has 8 nitrogen and oxygen atoms in total. The van der Waals surface area contributed by atoms with E-state index in [2.05, 4.69) is 5.32 Å². The number of carbonyl (C=O) groups is 1. The van der Waals surface area contributed by atoms with Gasteiger partial charge in [0.25, 0.3) is 5.69 Å². The van der Waals surface area contributed by atoms with Gasteiger partial charge in [-0.25, -0.2) is 4.79 Å². The molecule has 1 amide bonds. The van der Waals surface area contributed by atoms with Crippen molar-refractivity contribution in [3.8, 4) is 5.75 Å². The van der Waals surface area contributed by atoms with Crippen LogP contribution in [0.15, 0.2) is 18.2 Å². The number of ether oxygens (including phenoxy) is 1. The average molecular weight is 297 g/mol. The van der Waals surface area contributed by atoms with Crippen LogP contribution in [-0.4, -0.2) is 28.3 Å². The average Bonchev–Trinajstić information content (AvgIpc) is 2.33. The molecule has 1 atom stereocenters. The standard InChI is InChI=1S/C13H19N3O5/c1-13(2,3)21-12(18)15-10(7-14)9-6-8(17)4-5-11(9)16(19)20/h4-6,10,17H,7,14H2,1-3H3,(H,15,18). The number of hydrogen-bond donors (Lipinski definition) is 3. The molecule has 0 bridgehead atoms. The van der Waals surface area contributed by atoms with E-state index in [4.69, 9.17) is 10.5 Å². The summed E-state index contributed by atoms with van der Waals surface area (Å²) in [6, 6.07) is 2.71. The van der Waals surface area contributed by atoms with E-state index in [1.807, 2.05) is 0 Å². The molecule has 8 heteroatoms. The first kappa shape index (κ1) is 16.7. The number of nitrogens with two attached hydrogens (primary N) is 1. The Morgan fingerprint density at radius 3 is 2.62 bits per heavy atom. The van der Waals surface area contributed by atoms with E-state index < -0.39 is 22.7 Å². The molecule has 0 aromatic heterocycles. The van der Waals surface area contributed by atoms with Crippen molar-refractivity contribution < 1.29 is 19.6 Å². The lowest BCUT2D eigenvalue weighted by molar-refractivity contribution is -0.385. The van der Waals surface area contributed by atoms with E-state index in [0.29, 0.717) is 0 Å². The Balaban J connectivity index is 3.02. The van der Waals surface area contributed by atoms with Crippen molar-refractivity contribution in [1.82, 2.24) is 5.32 Å². The molecule has 1 unspecified atom stereocenters. The first-order valence-corrected chi connectivity index (χ1v) is 6.31. The third kappa shape index (κ3) is 4.92. The summed E-state index contributed by atoms with van der Waals surface area (Å²) in [6.07, 6.45) is -0.740. The van der Waals surface area contributed by atoms with Gasteiger partial charge in [-0.3, -0.25) is 10.1 Å². The summed E-state index contributed by atoms with van der Waals surface area (Å²) in [5, 5.41) is 22.9. The van der Waals surface area contributed by atoms with Crippen molar-refractivity contribution in [2.45, 2.75) is 32.4 Å². The zero-order chi connectivity index (χ0) is 16.2. The number of rotatable bonds is 4. The van der Waals surface area contributed by atoms with E-state index in [1.165, 1.54) is 12.1 Å². The van der Waals surface area contributed by atoms with E-state index >= 15 is 0 Å². The molecule has 21 heavy (non-hydrogen) atoms. The predicted molar refractivity (Wildman–Crippen MR) is 75.9 cm³/mol. The molecule has 1 aromatic carbocycles. The Labute approximate surface area is 122 Å². The van der Waals surface area contributed by atoms with Crippen LogP contribution in [-0.2, 0) is 4.74 Å². The molecule has 1 rings (SSSR count). The predicted octanol–water partition coefficient (Wildman–Crippen LogP) is 1.82. The van der Waals surface area contributed by atoms with Gasteiger partial charge in [0.15, 0.2) is 0 Å². The van der Waals surface area contributed by atoms with Gasteiger partial charge in [-0.05, 0) is 32.9 Å². The second-order valence-electron chi connectivity index (χ2n) is 5.43. The Kier molecular flexibility index (Phi) is 5.09. The number of aromatic hydroxyl groups is 1. The van der Waals surface area contributed by atoms with Crippen LogP contribution in [0.25, 0.3) is 0 Å². The highest BCUT2D eigenvalue weighted by Crippen LogP contribution is 2.28. The van der Waals surface area contributed by atoms with Crippen molar-refractivity contribution >= 4 is 11.8 Å². The van der Waals surface area contributed by atoms with Crippen molar-refractivity contribution in [2.75, 3.05) is 6.54 Å². The number of alkyl carbamates (subject to hydrolysis) is 1. The Bertz CT molecular complexity index is 539. The van der Waals surface area contributed by atoms with Crippen LogP contribution in [0, 0.1) is 10.1 Å². The zero-order valence-electron chi connectivity index (χ0n) is 12.1. The number of amides is 1. The SMILES string of the molecule is CC(C)(C)OC(=O)NC(CN)c1cc(O)ccc1[N+](=O)[O-]. The van der Waals surface area contributed by atoms with Crippen molar-refractivity contribution in [2.24, 2.45) is 5.73 Å². The van der Waals surface area contributed by atoms with Gasteiger partial charge in [0.2, 0.25) is 0 Å². The molecule has 1 aromatic rings. The summed E-state index contributed by atoms with van der Waals surface area (Å²) in [5.41, 5.74) is 4.74. The smallest absolute Gasteiger partial charge is 0.408 e. The fraction of sp³-hybridized carbons (Fsp3) is 0.462. The molecule has 0 fully saturated rings. The van der Waals surface area contributed by atoms with Gasteiger partial charge in [0, 0.05) is 12.6 Å². The minimum absolute atomic E-state index is 0.0798. The third-order valence-electron chi connectivity index (χ3n) is 2.51. The quantitative estimate of drug-likeness (QED) is 0.574. The van der Waals surface area contributed by atoms with Gasteiger partial charge in [0.05, 0.1) is 16.5 Å². The van der Waals surface area contributed by atoms with E-state index in [-0.39, 0.29) is 23.5 Å². The van der Waals surface area contributed by atoms with Crippen molar-refractivity contribution in [3.63, 3.8) is 0 Å². The number of hydrogen-bond acceptors (Lipinski definition) is 6. The molecule has 0 radical (unpaired) electrons. The molecular weight excluding hydrogens is 278 g/mol. The molecule has 0 aliphatic carbocycles. The second-order valence-corrected chi connectivity index (χ2v) is 5.43. The van der Waals surface area contributed by atoms with E-state index in [9.17, 15) is 20.0 Å². The number of phenols is 1. The van der Waals surface area contributed by atoms with Crippen LogP contribution in [0.1, 0.15) is 32.4 Å². The number of nitro groups is 1. The van der Waals surface area contributed by atoms with Gasteiger partial charge >= 0.3 is 6.09 Å². The molecule has 4 N–H and O–H groups in total. The molecule has 116 valence electrons. The highest BCUT2D eigenvalue weighted by atomic mass is 16.6. The maximum atomic E-state index is 11.7. The Morgan fingerprint density at radius 1 is 1.52 bits per heavy atom. The minimum atomic E-state index is -0.840. The normalized spacial score (nSPS) is 12.6. The number of benzene rings is 1. The van der Waals surface area contributed by atoms with E-state index in [0.717, 1.165) is 6.07 Å². The summed E-state index contributed by atoms with van der Waals surface area (Å²) in [5.74, 6) is -0.153. The zero-order valence-corrected chi connectivity index (χ0v) is 12.1. The van der Waals surface area contributed by atoms with Crippen LogP contribution in [0.4, 0.5) is 10.5 Å². The van der Waals surface area contributed by atoms with Gasteiger partial charge < -0.3 is 20.9 Å². The number of carbonyl (C=O) groups excluding carboxylic acids is 1. The fourth-order valence-electron chi connectivity index (χ4n) is 1.70. The lowest BCUT2D eigenvalue weighted by Crippen LogP contribution is -2.38. The number of nitrogens with one attached hydrogen (secondary N) is 1. The molecule has 0 aliphatic rings. The first-order chi connectivity index (χ1) is 9.64. The lowest BCUT2D eigenvalue weighted by Gasteiger charge is -2.23. The summed E-state index contributed by atoms with van der Waals surface area (Å²) >= 11 is 0. The van der Waals surface area contributed by atoms with Crippen LogP contribution < -0.4 is 11.1 Å². The summed E-state index contributed by atoms with van der Waals surface area (Å²) in [7, 11) is 0. The van der Waals surface area contributed by atoms with Gasteiger partial charge in [0.1, 0.15) is 11.4 Å². The molecule has 0 heterocycles. The Morgan fingerprint density at radius 2 is 2.14 bits per heavy atom. The lowest BCUT2D eigenvalue weighted by atomic mass is 10.0. The second kappa shape index (κ2) is 6.40. The molecule has 0 saturated heterocycles. The Hall–Kier alpha value is -2.35. The van der Waals surface area contributed by atoms with E-state index in [1.54, 1.807) is 20.8 Å². The third-order valence-corrected chi connectivity index (χ3v) is 2.51. The van der Waals surface area contributed by atoms with Gasteiger partial charge in [-0.15, -0.1) is 0 Å². The van der Waals surface area contributed by atoms with Crippen LogP contribution in [0.2, 0.25) is 0 Å². The summed E-state index contributed by atoms with van der Waals surface area (Å²) < 4.78 is 5.08. The summed E-state index contributed by atoms with van der Waals surface area (Å²) in [4.78, 5) is 22.2. The van der Waals surface area contributed by atoms with Crippen LogP contribution >= 0.6 is 0 Å². The van der Waals surface area contributed by atoms with Gasteiger partial charge in [-0.2, -0.15) is 0 Å². The molecule has 0 spiro atoms.